The van der Waals surface area contributed by atoms with Gasteiger partial charge in [0.25, 0.3) is 0 Å². The molecule has 1 unspecified atom stereocenters. The number of rotatable bonds is 4. The van der Waals surface area contributed by atoms with Crippen LogP contribution in [0, 0.1) is 0 Å². The summed E-state index contributed by atoms with van der Waals surface area (Å²) >= 11 is 1.61. The van der Waals surface area contributed by atoms with E-state index >= 15 is 0 Å². The van der Waals surface area contributed by atoms with Crippen molar-refractivity contribution in [3.63, 3.8) is 0 Å². The van der Waals surface area contributed by atoms with Crippen molar-refractivity contribution in [2.24, 2.45) is 0 Å². The molecule has 0 aromatic carbocycles. The number of hydrogen-bond acceptors (Lipinski definition) is 4. The zero-order valence-electron chi connectivity index (χ0n) is 15.4. The Labute approximate surface area is 167 Å². The van der Waals surface area contributed by atoms with Crippen LogP contribution in [0.1, 0.15) is 17.7 Å². The molecule has 5 rings (SSSR count). The van der Waals surface area contributed by atoms with Gasteiger partial charge in [0, 0.05) is 32.0 Å². The van der Waals surface area contributed by atoms with E-state index in [1.54, 1.807) is 17.5 Å². The second-order valence-electron chi connectivity index (χ2n) is 7.36. The van der Waals surface area contributed by atoms with Crippen molar-refractivity contribution in [1.29, 1.82) is 0 Å². The van der Waals surface area contributed by atoms with Crippen molar-refractivity contribution in [2.45, 2.75) is 18.4 Å². The molecule has 0 radical (unpaired) electrons. The topological polar surface area (TPSA) is 41.4 Å². The van der Waals surface area contributed by atoms with E-state index in [0.29, 0.717) is 19.5 Å². The molecule has 1 atom stereocenters. The molecule has 2 aliphatic heterocycles. The number of amides is 1. The molecular weight excluding hydrogens is 375 g/mol. The number of fused-ring (bicyclic) bond motifs is 4. The average Bonchev–Trinajstić information content (AvgIpc) is 3.46. The molecule has 0 aliphatic carbocycles. The number of nitrogens with zero attached hydrogens (tertiary/aromatic N) is 4. The lowest BCUT2D eigenvalue weighted by atomic mass is 9.89. The Hall–Kier alpha value is -2.67. The smallest absolute Gasteiger partial charge is 0.227 e. The van der Waals surface area contributed by atoms with Gasteiger partial charge in [0.05, 0.1) is 17.8 Å². The van der Waals surface area contributed by atoms with Crippen LogP contribution in [0.4, 0.5) is 10.1 Å². The molecule has 3 aromatic heterocycles. The van der Waals surface area contributed by atoms with Crippen LogP contribution in [0.15, 0.2) is 53.5 Å². The number of thiophene rings is 1. The summed E-state index contributed by atoms with van der Waals surface area (Å²) in [6, 6.07) is 9.97. The van der Waals surface area contributed by atoms with E-state index in [-0.39, 0.29) is 12.5 Å². The first kappa shape index (κ1) is 17.4. The molecular formula is C21H21FN4OS. The van der Waals surface area contributed by atoms with Gasteiger partial charge in [0.2, 0.25) is 5.91 Å². The van der Waals surface area contributed by atoms with Gasteiger partial charge in [-0.25, -0.2) is 9.37 Å². The van der Waals surface area contributed by atoms with Gasteiger partial charge in [0.15, 0.2) is 5.82 Å². The number of likely N-dealkylation sites (tertiary alicyclic amines) is 1. The van der Waals surface area contributed by atoms with Crippen molar-refractivity contribution in [2.75, 3.05) is 31.2 Å². The first-order chi connectivity index (χ1) is 13.7. The standard InChI is InChI=1S/C21H21FN4OS/c22-7-11-26-17-3-1-8-23-20(17)25-9-2-4-18(25)21(26)6-10-24(15-21)19(27)13-16-5-12-28-14-16/h1-5,8-9,12,14H,6-7,10-11,13,15H2. The van der Waals surface area contributed by atoms with E-state index in [1.165, 1.54) is 0 Å². The van der Waals surface area contributed by atoms with Crippen LogP contribution in [-0.2, 0) is 16.8 Å². The second kappa shape index (κ2) is 6.74. The summed E-state index contributed by atoms with van der Waals surface area (Å²) in [5.74, 6) is 0.954. The minimum Gasteiger partial charge on any atom is -0.353 e. The van der Waals surface area contributed by atoms with Crippen molar-refractivity contribution in [3.8, 4) is 5.82 Å². The molecule has 1 spiro atoms. The molecule has 144 valence electrons. The third-order valence-corrected chi connectivity index (χ3v) is 6.60. The quantitative estimate of drug-likeness (QED) is 0.679. The lowest BCUT2D eigenvalue weighted by molar-refractivity contribution is -0.129. The fourth-order valence-electron chi connectivity index (χ4n) is 4.63. The molecule has 0 N–H and O–H groups in total. The Morgan fingerprint density at radius 1 is 1.29 bits per heavy atom. The Bertz CT molecular complexity index is 1000. The van der Waals surface area contributed by atoms with Crippen molar-refractivity contribution in [3.05, 3.63) is 64.7 Å². The molecule has 1 saturated heterocycles. The van der Waals surface area contributed by atoms with Crippen LogP contribution in [0.2, 0.25) is 0 Å². The molecule has 2 aliphatic rings. The maximum Gasteiger partial charge on any atom is 0.227 e. The molecule has 1 fully saturated rings. The minimum absolute atomic E-state index is 0.130. The number of alkyl halides is 1. The summed E-state index contributed by atoms with van der Waals surface area (Å²) in [4.78, 5) is 21.5. The predicted octanol–water partition coefficient (Wildman–Crippen LogP) is 3.39. The molecule has 1 amide bonds. The van der Waals surface area contributed by atoms with Crippen LogP contribution in [0.5, 0.6) is 0 Å². The highest BCUT2D eigenvalue weighted by atomic mass is 32.1. The van der Waals surface area contributed by atoms with Crippen molar-refractivity contribution in [1.82, 2.24) is 14.5 Å². The average molecular weight is 396 g/mol. The zero-order valence-corrected chi connectivity index (χ0v) is 16.2. The highest BCUT2D eigenvalue weighted by Gasteiger charge is 2.50. The maximum absolute atomic E-state index is 13.6. The molecule has 5 nitrogen and oxygen atoms in total. The summed E-state index contributed by atoms with van der Waals surface area (Å²) < 4.78 is 15.7. The van der Waals surface area contributed by atoms with Crippen LogP contribution in [0.25, 0.3) is 5.82 Å². The summed E-state index contributed by atoms with van der Waals surface area (Å²) in [6.45, 7) is 1.08. The number of pyridine rings is 1. The Morgan fingerprint density at radius 2 is 2.21 bits per heavy atom. The van der Waals surface area contributed by atoms with Gasteiger partial charge >= 0.3 is 0 Å². The summed E-state index contributed by atoms with van der Waals surface area (Å²) in [5, 5.41) is 4.02. The Morgan fingerprint density at radius 3 is 3.04 bits per heavy atom. The molecule has 5 heterocycles. The van der Waals surface area contributed by atoms with E-state index in [0.717, 1.165) is 29.2 Å². The number of hydrogen-bond donors (Lipinski definition) is 0. The lowest BCUT2D eigenvalue weighted by Gasteiger charge is -2.46. The summed E-state index contributed by atoms with van der Waals surface area (Å²) in [6.07, 6.45) is 4.97. The molecule has 7 heteroatoms. The largest absolute Gasteiger partial charge is 0.353 e. The van der Waals surface area contributed by atoms with E-state index in [4.69, 9.17) is 0 Å². The second-order valence-corrected chi connectivity index (χ2v) is 8.14. The van der Waals surface area contributed by atoms with Gasteiger partial charge in [-0.05, 0) is 53.1 Å². The third kappa shape index (κ3) is 2.57. The molecule has 0 bridgehead atoms. The van der Waals surface area contributed by atoms with Crippen LogP contribution >= 0.6 is 11.3 Å². The maximum atomic E-state index is 13.6. The minimum atomic E-state index is -0.445. The number of halogens is 1. The molecule has 28 heavy (non-hydrogen) atoms. The first-order valence-electron chi connectivity index (χ1n) is 9.49. The van der Waals surface area contributed by atoms with Gasteiger partial charge in [0.1, 0.15) is 12.2 Å². The van der Waals surface area contributed by atoms with E-state index < -0.39 is 12.2 Å². The monoisotopic (exact) mass is 396 g/mol. The van der Waals surface area contributed by atoms with Crippen molar-refractivity contribution >= 4 is 22.9 Å². The highest BCUT2D eigenvalue weighted by Crippen LogP contribution is 2.46. The van der Waals surface area contributed by atoms with Gasteiger partial charge in [-0.1, -0.05) is 0 Å². The van der Waals surface area contributed by atoms with Gasteiger partial charge in [-0.3, -0.25) is 4.79 Å². The Balaban J connectivity index is 1.52. The number of carbonyl (C=O) groups is 1. The Kier molecular flexibility index (Phi) is 4.19. The lowest BCUT2D eigenvalue weighted by Crippen LogP contribution is -2.53. The number of carbonyl (C=O) groups excluding carboxylic acids is 1. The predicted molar refractivity (Wildman–Crippen MR) is 108 cm³/mol. The van der Waals surface area contributed by atoms with Crippen molar-refractivity contribution < 1.29 is 9.18 Å². The summed E-state index contributed by atoms with van der Waals surface area (Å²) in [7, 11) is 0. The van der Waals surface area contributed by atoms with Crippen LogP contribution < -0.4 is 4.90 Å². The van der Waals surface area contributed by atoms with Gasteiger partial charge < -0.3 is 14.4 Å². The van der Waals surface area contributed by atoms with Crippen LogP contribution in [-0.4, -0.2) is 46.7 Å². The summed E-state index contributed by atoms with van der Waals surface area (Å²) in [5.41, 5.74) is 2.64. The van der Waals surface area contributed by atoms with Gasteiger partial charge in [-0.2, -0.15) is 11.3 Å². The third-order valence-electron chi connectivity index (χ3n) is 5.87. The SMILES string of the molecule is O=C(Cc1ccsc1)N1CCC2(C1)c1cccn1-c1ncccc1N2CCF. The molecule has 0 saturated carbocycles. The first-order valence-corrected chi connectivity index (χ1v) is 10.4. The zero-order chi connectivity index (χ0) is 19.1. The fraction of sp³-hybridized carbons (Fsp3) is 0.333. The highest BCUT2D eigenvalue weighted by molar-refractivity contribution is 7.08. The normalized spacial score (nSPS) is 20.5. The van der Waals surface area contributed by atoms with E-state index in [9.17, 15) is 9.18 Å². The van der Waals surface area contributed by atoms with Crippen LogP contribution in [0.3, 0.4) is 0 Å². The number of anilines is 1. The molecule has 3 aromatic rings. The van der Waals surface area contributed by atoms with E-state index in [2.05, 4.69) is 20.5 Å². The fourth-order valence-corrected chi connectivity index (χ4v) is 5.30. The number of aromatic nitrogens is 2. The van der Waals surface area contributed by atoms with Gasteiger partial charge in [-0.15, -0.1) is 0 Å². The van der Waals surface area contributed by atoms with E-state index in [1.807, 2.05) is 46.1 Å².